The summed E-state index contributed by atoms with van der Waals surface area (Å²) in [7, 11) is 0. The van der Waals surface area contributed by atoms with Crippen LogP contribution in [0.2, 0.25) is 0 Å². The number of nitrogens with one attached hydrogen (secondary N) is 1. The first-order chi connectivity index (χ1) is 10.9. The van der Waals surface area contributed by atoms with Crippen molar-refractivity contribution in [2.24, 2.45) is 0 Å². The molecule has 5 heteroatoms. The molecular formula is C18H27ClN4. The first-order valence-corrected chi connectivity index (χ1v) is 8.41. The van der Waals surface area contributed by atoms with Crippen LogP contribution >= 0.6 is 12.4 Å². The second-order valence-corrected chi connectivity index (χ2v) is 6.04. The van der Waals surface area contributed by atoms with Crippen molar-refractivity contribution in [3.63, 3.8) is 0 Å². The molecule has 23 heavy (non-hydrogen) atoms. The van der Waals surface area contributed by atoms with Crippen LogP contribution in [0.25, 0.3) is 5.69 Å². The number of rotatable bonds is 6. The summed E-state index contributed by atoms with van der Waals surface area (Å²) in [5.41, 5.74) is 2.29. The summed E-state index contributed by atoms with van der Waals surface area (Å²) in [5, 5.41) is 8.21. The summed E-state index contributed by atoms with van der Waals surface area (Å²) in [4.78, 5) is 2.61. The molecule has 0 aliphatic carbocycles. The number of nitrogens with zero attached hydrogens (tertiary/aromatic N) is 3. The van der Waals surface area contributed by atoms with E-state index >= 15 is 0 Å². The highest BCUT2D eigenvalue weighted by atomic mass is 35.5. The highest BCUT2D eigenvalue weighted by Crippen LogP contribution is 2.16. The molecule has 0 atom stereocenters. The molecule has 0 spiro atoms. The summed E-state index contributed by atoms with van der Waals surface area (Å²) in [5.74, 6) is 0. The maximum Gasteiger partial charge on any atom is 0.0769 e. The fourth-order valence-electron chi connectivity index (χ4n) is 3.23. The van der Waals surface area contributed by atoms with E-state index in [1.54, 1.807) is 0 Å². The van der Waals surface area contributed by atoms with Crippen LogP contribution in [-0.2, 0) is 6.54 Å². The van der Waals surface area contributed by atoms with E-state index in [0.29, 0.717) is 6.04 Å². The van der Waals surface area contributed by atoms with Crippen LogP contribution in [0, 0.1) is 0 Å². The van der Waals surface area contributed by atoms with Crippen LogP contribution in [0.15, 0.2) is 42.6 Å². The fraction of sp³-hybridized carbons (Fsp3) is 0.500. The highest BCUT2D eigenvalue weighted by Gasteiger charge is 2.21. The summed E-state index contributed by atoms with van der Waals surface area (Å²) in [6.07, 6.45) is 5.76. The predicted molar refractivity (Wildman–Crippen MR) is 97.4 cm³/mol. The predicted octanol–water partition coefficient (Wildman–Crippen LogP) is 3.26. The van der Waals surface area contributed by atoms with Gasteiger partial charge in [-0.1, -0.05) is 25.1 Å². The van der Waals surface area contributed by atoms with Crippen molar-refractivity contribution < 1.29 is 0 Å². The van der Waals surface area contributed by atoms with Gasteiger partial charge in [0.05, 0.1) is 11.4 Å². The molecule has 0 saturated carbocycles. The smallest absolute Gasteiger partial charge is 0.0769 e. The summed E-state index contributed by atoms with van der Waals surface area (Å²) in [6.45, 7) is 6.66. The van der Waals surface area contributed by atoms with Crippen molar-refractivity contribution in [2.45, 2.75) is 38.8 Å². The van der Waals surface area contributed by atoms with E-state index in [4.69, 9.17) is 5.10 Å². The Hall–Kier alpha value is -1.36. The molecule has 0 amide bonds. The zero-order valence-electron chi connectivity index (χ0n) is 13.8. The van der Waals surface area contributed by atoms with Gasteiger partial charge in [-0.3, -0.25) is 4.90 Å². The van der Waals surface area contributed by atoms with Crippen LogP contribution in [0.4, 0.5) is 0 Å². The number of benzene rings is 1. The lowest BCUT2D eigenvalue weighted by atomic mass is 10.0. The van der Waals surface area contributed by atoms with Crippen LogP contribution in [0.5, 0.6) is 0 Å². The third-order valence-electron chi connectivity index (χ3n) is 4.37. The lowest BCUT2D eigenvalue weighted by Crippen LogP contribution is -2.43. The van der Waals surface area contributed by atoms with Crippen molar-refractivity contribution in [1.29, 1.82) is 0 Å². The monoisotopic (exact) mass is 334 g/mol. The molecule has 1 aliphatic rings. The molecule has 1 aliphatic heterocycles. The van der Waals surface area contributed by atoms with Crippen molar-refractivity contribution >= 4 is 12.4 Å². The van der Waals surface area contributed by atoms with Crippen molar-refractivity contribution in [3.05, 3.63) is 48.3 Å². The molecule has 126 valence electrons. The zero-order valence-corrected chi connectivity index (χ0v) is 14.6. The number of halogens is 1. The standard InChI is InChI=1S/C18H26N4.ClH/c1-2-13-21(17-8-11-19-12-9-17)15-16-10-14-22(20-16)18-6-4-3-5-7-18;/h3-7,10,14,17,19H,2,8-9,11-13,15H2,1H3;1H. The molecule has 2 aromatic rings. The van der Waals surface area contributed by atoms with Crippen LogP contribution < -0.4 is 5.32 Å². The molecule has 1 aromatic carbocycles. The van der Waals surface area contributed by atoms with E-state index in [2.05, 4.69) is 53.7 Å². The van der Waals surface area contributed by atoms with Crippen LogP contribution in [-0.4, -0.2) is 40.4 Å². The van der Waals surface area contributed by atoms with Crippen molar-refractivity contribution in [2.75, 3.05) is 19.6 Å². The van der Waals surface area contributed by atoms with Gasteiger partial charge in [0.25, 0.3) is 0 Å². The van der Waals surface area contributed by atoms with Gasteiger partial charge in [0, 0.05) is 18.8 Å². The van der Waals surface area contributed by atoms with Crippen LogP contribution in [0.1, 0.15) is 31.9 Å². The molecule has 4 nitrogen and oxygen atoms in total. The first-order valence-electron chi connectivity index (χ1n) is 8.41. The topological polar surface area (TPSA) is 33.1 Å². The molecule has 1 saturated heterocycles. The molecule has 1 N–H and O–H groups in total. The Bertz CT molecular complexity index is 563. The Morgan fingerprint density at radius 3 is 2.61 bits per heavy atom. The number of hydrogen-bond donors (Lipinski definition) is 1. The minimum Gasteiger partial charge on any atom is -0.317 e. The van der Waals surface area contributed by atoms with Gasteiger partial charge in [0.1, 0.15) is 0 Å². The average Bonchev–Trinajstić information content (AvgIpc) is 3.05. The molecule has 1 fully saturated rings. The quantitative estimate of drug-likeness (QED) is 0.880. The maximum atomic E-state index is 4.76. The van der Waals surface area contributed by atoms with Gasteiger partial charge >= 0.3 is 0 Å². The summed E-state index contributed by atoms with van der Waals surface area (Å²) >= 11 is 0. The lowest BCUT2D eigenvalue weighted by Gasteiger charge is -2.34. The Kier molecular flexibility index (Phi) is 7.09. The van der Waals surface area contributed by atoms with Crippen LogP contribution in [0.3, 0.4) is 0 Å². The number of aromatic nitrogens is 2. The minimum atomic E-state index is 0. The van der Waals surface area contributed by atoms with E-state index in [-0.39, 0.29) is 12.4 Å². The van der Waals surface area contributed by atoms with Gasteiger partial charge in [0.2, 0.25) is 0 Å². The van der Waals surface area contributed by atoms with Gasteiger partial charge in [-0.2, -0.15) is 5.10 Å². The Labute approximate surface area is 145 Å². The number of para-hydroxylation sites is 1. The van der Waals surface area contributed by atoms with Gasteiger partial charge < -0.3 is 5.32 Å². The van der Waals surface area contributed by atoms with Gasteiger partial charge in [0.15, 0.2) is 0 Å². The van der Waals surface area contributed by atoms with Crippen molar-refractivity contribution in [1.82, 2.24) is 20.0 Å². The first kappa shape index (κ1) is 18.0. The van der Waals surface area contributed by atoms with Crippen molar-refractivity contribution in [3.8, 4) is 5.69 Å². The maximum absolute atomic E-state index is 4.76. The third kappa shape index (κ3) is 4.80. The SMILES string of the molecule is CCCN(Cc1ccn(-c2ccccc2)n1)C1CCNCC1.Cl. The zero-order chi connectivity index (χ0) is 15.2. The Morgan fingerprint density at radius 2 is 1.91 bits per heavy atom. The van der Waals surface area contributed by atoms with E-state index in [9.17, 15) is 0 Å². The summed E-state index contributed by atoms with van der Waals surface area (Å²) in [6, 6.07) is 13.2. The van der Waals surface area contributed by atoms with Gasteiger partial charge in [-0.25, -0.2) is 4.68 Å². The molecule has 0 bridgehead atoms. The normalized spacial score (nSPS) is 15.6. The molecule has 0 unspecified atom stereocenters. The van der Waals surface area contributed by atoms with E-state index in [0.717, 1.165) is 37.6 Å². The fourth-order valence-corrected chi connectivity index (χ4v) is 3.23. The third-order valence-corrected chi connectivity index (χ3v) is 4.37. The number of hydrogen-bond acceptors (Lipinski definition) is 3. The van der Waals surface area contributed by atoms with E-state index in [1.165, 1.54) is 19.3 Å². The second kappa shape index (κ2) is 9.06. The molecule has 0 radical (unpaired) electrons. The Morgan fingerprint density at radius 1 is 1.17 bits per heavy atom. The van der Waals surface area contributed by atoms with E-state index < -0.39 is 0 Å². The largest absolute Gasteiger partial charge is 0.317 e. The highest BCUT2D eigenvalue weighted by molar-refractivity contribution is 5.85. The molecule has 2 heterocycles. The minimum absolute atomic E-state index is 0. The van der Waals surface area contributed by atoms with E-state index in [1.807, 2.05) is 10.7 Å². The van der Waals surface area contributed by atoms with Gasteiger partial charge in [-0.15, -0.1) is 12.4 Å². The second-order valence-electron chi connectivity index (χ2n) is 6.04. The molecule has 1 aromatic heterocycles. The summed E-state index contributed by atoms with van der Waals surface area (Å²) < 4.78 is 1.97. The lowest BCUT2D eigenvalue weighted by molar-refractivity contribution is 0.152. The average molecular weight is 335 g/mol. The number of piperidine rings is 1. The molecular weight excluding hydrogens is 308 g/mol. The molecule has 3 rings (SSSR count). The van der Waals surface area contributed by atoms with Gasteiger partial charge in [-0.05, 0) is 57.1 Å². The Balaban J connectivity index is 0.00000192.